The Morgan fingerprint density at radius 3 is 1.72 bits per heavy atom. The molecule has 0 bridgehead atoms. The molecule has 5 aromatic rings. The minimum atomic E-state index is -0.223. The maximum atomic E-state index is 13.9. The van der Waals surface area contributed by atoms with Gasteiger partial charge >= 0.3 is 0 Å². The average Bonchev–Trinajstić information content (AvgIpc) is 3.61. The van der Waals surface area contributed by atoms with Crippen LogP contribution < -0.4 is 10.5 Å². The molecule has 6 rings (SSSR count). The summed E-state index contributed by atoms with van der Waals surface area (Å²) >= 11 is 0. The first-order valence-corrected chi connectivity index (χ1v) is 10.9. The molecule has 1 aliphatic carbocycles. The highest BCUT2D eigenvalue weighted by atomic mass is 16.3. The Labute approximate surface area is 186 Å². The Bertz CT molecular complexity index is 1460. The van der Waals surface area contributed by atoms with E-state index in [1.54, 1.807) is 0 Å². The molecule has 2 unspecified atom stereocenters. The van der Waals surface area contributed by atoms with Crippen LogP contribution in [0.25, 0.3) is 21.5 Å². The normalized spacial score (nSPS) is 17.6. The summed E-state index contributed by atoms with van der Waals surface area (Å²) in [6.07, 6.45) is 0. The van der Waals surface area contributed by atoms with Crippen LogP contribution in [0.2, 0.25) is 0 Å². The largest absolute Gasteiger partial charge is 0.872 e. The molecule has 0 heterocycles. The molecule has 1 aliphatic rings. The number of benzene rings is 4. The van der Waals surface area contributed by atoms with Gasteiger partial charge in [-0.15, -0.1) is 0 Å². The summed E-state index contributed by atoms with van der Waals surface area (Å²) in [6.45, 7) is 0. The highest BCUT2D eigenvalue weighted by Gasteiger charge is 2.60. The fourth-order valence-electron chi connectivity index (χ4n) is 5.11. The van der Waals surface area contributed by atoms with Gasteiger partial charge in [0.2, 0.25) is 0 Å². The minimum Gasteiger partial charge on any atom is -0.872 e. The van der Waals surface area contributed by atoms with Gasteiger partial charge in [0, 0.05) is 23.1 Å². The molecule has 5 aromatic carbocycles. The smallest absolute Gasteiger partial charge is 0.190 e. The summed E-state index contributed by atoms with van der Waals surface area (Å²) in [5.74, 6) is 0.793. The van der Waals surface area contributed by atoms with Crippen molar-refractivity contribution in [3.63, 3.8) is 0 Å². The lowest BCUT2D eigenvalue weighted by Gasteiger charge is -2.11. The van der Waals surface area contributed by atoms with Crippen LogP contribution in [-0.4, -0.2) is 0 Å². The molecule has 0 aliphatic heterocycles. The molecule has 0 amide bonds. The minimum absolute atomic E-state index is 0.0268. The molecular formula is C30H20O2. The van der Waals surface area contributed by atoms with Crippen LogP contribution in [0.15, 0.2) is 114 Å². The van der Waals surface area contributed by atoms with Gasteiger partial charge in [0.15, 0.2) is 5.43 Å². The third-order valence-corrected chi connectivity index (χ3v) is 6.59. The van der Waals surface area contributed by atoms with Gasteiger partial charge in [0.25, 0.3) is 0 Å². The zero-order chi connectivity index (χ0) is 21.7. The molecule has 0 aromatic heterocycles. The first-order chi connectivity index (χ1) is 15.8. The Hall–Kier alpha value is -4.04. The number of hydrogen-bond donors (Lipinski definition) is 0. The van der Waals surface area contributed by atoms with E-state index in [-0.39, 0.29) is 23.0 Å². The summed E-state index contributed by atoms with van der Waals surface area (Å²) in [4.78, 5) is 13.9. The van der Waals surface area contributed by atoms with Gasteiger partial charge in [-0.2, -0.15) is 0 Å². The lowest BCUT2D eigenvalue weighted by molar-refractivity contribution is -0.266. The van der Waals surface area contributed by atoms with E-state index in [0.29, 0.717) is 16.3 Å². The van der Waals surface area contributed by atoms with Crippen LogP contribution >= 0.6 is 0 Å². The van der Waals surface area contributed by atoms with Crippen LogP contribution in [0, 0.1) is 5.92 Å². The second-order valence-electron chi connectivity index (χ2n) is 8.35. The van der Waals surface area contributed by atoms with Crippen molar-refractivity contribution in [3.8, 4) is 5.75 Å². The van der Waals surface area contributed by atoms with Gasteiger partial charge in [0.05, 0.1) is 17.8 Å². The van der Waals surface area contributed by atoms with E-state index in [1.165, 1.54) is 0 Å². The van der Waals surface area contributed by atoms with Gasteiger partial charge in [-0.1, -0.05) is 84.6 Å². The first kappa shape index (κ1) is 18.7. The van der Waals surface area contributed by atoms with Gasteiger partial charge in [-0.3, -0.25) is 4.79 Å². The number of rotatable bonds is 3. The summed E-state index contributed by atoms with van der Waals surface area (Å²) in [5.41, 5.74) is 2.45. The topological polar surface area (TPSA) is 40.1 Å². The Morgan fingerprint density at radius 1 is 0.562 bits per heavy atom. The molecule has 0 radical (unpaired) electrons. The van der Waals surface area contributed by atoms with Crippen molar-refractivity contribution in [3.05, 3.63) is 142 Å². The monoisotopic (exact) mass is 412 g/mol. The van der Waals surface area contributed by atoms with E-state index in [0.717, 1.165) is 27.8 Å². The molecule has 1 fully saturated rings. The summed E-state index contributed by atoms with van der Waals surface area (Å²) < 4.78 is 0. The Balaban J connectivity index is 1.67. The predicted octanol–water partition coefficient (Wildman–Crippen LogP) is 5.93. The molecule has 152 valence electrons. The van der Waals surface area contributed by atoms with E-state index >= 15 is 0 Å². The molecule has 0 spiro atoms. The highest BCUT2D eigenvalue weighted by molar-refractivity contribution is 6.08. The van der Waals surface area contributed by atoms with E-state index in [1.807, 2.05) is 84.9 Å². The molecule has 2 nitrogen and oxygen atoms in total. The lowest BCUT2D eigenvalue weighted by Crippen LogP contribution is -2.10. The number of hydrogen-bond acceptors (Lipinski definition) is 2. The first-order valence-electron chi connectivity index (χ1n) is 10.9. The highest BCUT2D eigenvalue weighted by Crippen LogP contribution is 2.65. The fraction of sp³-hybridized carbons (Fsp3) is 0.0667. The summed E-state index contributed by atoms with van der Waals surface area (Å²) in [7, 11) is 0. The third kappa shape index (κ3) is 2.80. The maximum absolute atomic E-state index is 13.9. The van der Waals surface area contributed by atoms with Gasteiger partial charge in [-0.25, -0.2) is 0 Å². The van der Waals surface area contributed by atoms with Gasteiger partial charge in [-0.05, 0) is 39.9 Å². The second kappa shape index (κ2) is 7.28. The molecule has 1 saturated carbocycles. The quantitative estimate of drug-likeness (QED) is 0.345. The van der Waals surface area contributed by atoms with Crippen LogP contribution in [0.3, 0.4) is 0 Å². The van der Waals surface area contributed by atoms with Gasteiger partial charge in [0.1, 0.15) is 5.56 Å². The molecule has 0 saturated heterocycles. The molecule has 2 heteroatoms. The van der Waals surface area contributed by atoms with Crippen molar-refractivity contribution in [1.82, 2.24) is 0 Å². The van der Waals surface area contributed by atoms with E-state index in [9.17, 15) is 9.90 Å². The SMILES string of the molecule is O=c1c(C2[C+](c3ccccc3)C2c2ccccc2)c([O-])c2ccccc2c2ccccc12. The standard InChI is InChI=1S/C30H20O2/c31-29-23-17-9-7-15-21(23)22-16-8-10-18-24(22)30(32)28(29)27-25(19-11-3-1-4-12-19)26(27)20-13-5-2-6-14-20/h1-18,25,27H. The molecular weight excluding hydrogens is 392 g/mol. The van der Waals surface area contributed by atoms with Crippen LogP contribution in [-0.2, 0) is 0 Å². The van der Waals surface area contributed by atoms with E-state index in [4.69, 9.17) is 0 Å². The predicted molar refractivity (Wildman–Crippen MR) is 128 cm³/mol. The molecule has 2 atom stereocenters. The Morgan fingerprint density at radius 2 is 1.06 bits per heavy atom. The maximum Gasteiger partial charge on any atom is 0.190 e. The van der Waals surface area contributed by atoms with Crippen molar-refractivity contribution in [1.29, 1.82) is 0 Å². The third-order valence-electron chi connectivity index (χ3n) is 6.59. The molecule has 0 N–H and O–H groups in total. The Kier molecular flexibility index (Phi) is 4.26. The summed E-state index contributed by atoms with van der Waals surface area (Å²) in [5, 5.41) is 16.7. The van der Waals surface area contributed by atoms with E-state index < -0.39 is 0 Å². The van der Waals surface area contributed by atoms with E-state index in [2.05, 4.69) is 24.3 Å². The van der Waals surface area contributed by atoms with Crippen molar-refractivity contribution in [2.24, 2.45) is 0 Å². The zero-order valence-corrected chi connectivity index (χ0v) is 17.4. The lowest BCUT2D eigenvalue weighted by atomic mass is 10.0. The second-order valence-corrected chi connectivity index (χ2v) is 8.35. The van der Waals surface area contributed by atoms with Gasteiger partial charge < -0.3 is 5.11 Å². The van der Waals surface area contributed by atoms with Crippen molar-refractivity contribution in [2.45, 2.75) is 11.8 Å². The van der Waals surface area contributed by atoms with Crippen LogP contribution in [0.5, 0.6) is 5.75 Å². The van der Waals surface area contributed by atoms with Crippen molar-refractivity contribution < 1.29 is 5.11 Å². The van der Waals surface area contributed by atoms with Crippen molar-refractivity contribution in [2.75, 3.05) is 0 Å². The zero-order valence-electron chi connectivity index (χ0n) is 17.4. The number of fused-ring (bicyclic) bond motifs is 3. The van der Waals surface area contributed by atoms with Crippen LogP contribution in [0.4, 0.5) is 0 Å². The summed E-state index contributed by atoms with van der Waals surface area (Å²) in [6, 6.07) is 35.5. The van der Waals surface area contributed by atoms with Crippen molar-refractivity contribution >= 4 is 21.5 Å². The average molecular weight is 412 g/mol. The molecule has 32 heavy (non-hydrogen) atoms. The van der Waals surface area contributed by atoms with Crippen LogP contribution in [0.1, 0.15) is 28.5 Å². The fourth-order valence-corrected chi connectivity index (χ4v) is 5.11.